The molecule has 0 radical (unpaired) electrons. The van der Waals surface area contributed by atoms with Gasteiger partial charge in [0.25, 0.3) is 0 Å². The number of hydrogen-bond donors (Lipinski definition) is 1. The van der Waals surface area contributed by atoms with Crippen molar-refractivity contribution in [2.45, 2.75) is 37.7 Å². The van der Waals surface area contributed by atoms with Crippen LogP contribution in [-0.2, 0) is 16.6 Å². The molecule has 118 valence electrons. The summed E-state index contributed by atoms with van der Waals surface area (Å²) in [5.74, 6) is 0.760. The Hall–Kier alpha value is -1.11. The Morgan fingerprint density at radius 2 is 2.10 bits per heavy atom. The topological polar surface area (TPSA) is 66.8 Å². The highest BCUT2D eigenvalue weighted by molar-refractivity contribution is 7.89. The summed E-state index contributed by atoms with van der Waals surface area (Å²) >= 11 is 0. The molecule has 0 atom stereocenters. The van der Waals surface area contributed by atoms with Gasteiger partial charge in [-0.2, -0.15) is 4.31 Å². The van der Waals surface area contributed by atoms with Gasteiger partial charge in [0.1, 0.15) is 10.6 Å². The molecule has 21 heavy (non-hydrogen) atoms. The number of sulfonamides is 1. The van der Waals surface area contributed by atoms with E-state index in [1.165, 1.54) is 23.9 Å². The van der Waals surface area contributed by atoms with Gasteiger partial charge < -0.3 is 9.84 Å². The summed E-state index contributed by atoms with van der Waals surface area (Å²) in [5.41, 5.74) is 0.632. The molecular weight excluding hydrogens is 290 g/mol. The number of hydrogen-bond acceptors (Lipinski definition) is 4. The van der Waals surface area contributed by atoms with Crippen LogP contribution < -0.4 is 4.74 Å². The molecule has 2 rings (SSSR count). The number of rotatable bonds is 7. The Labute approximate surface area is 126 Å². The molecule has 1 aromatic carbocycles. The van der Waals surface area contributed by atoms with Crippen molar-refractivity contribution in [3.05, 3.63) is 23.8 Å². The van der Waals surface area contributed by atoms with E-state index >= 15 is 0 Å². The van der Waals surface area contributed by atoms with E-state index in [1.54, 1.807) is 12.1 Å². The fourth-order valence-electron chi connectivity index (χ4n) is 2.52. The van der Waals surface area contributed by atoms with E-state index in [-0.39, 0.29) is 17.3 Å². The van der Waals surface area contributed by atoms with Gasteiger partial charge in [-0.05, 0) is 36.5 Å². The van der Waals surface area contributed by atoms with Crippen molar-refractivity contribution in [1.29, 1.82) is 0 Å². The maximum atomic E-state index is 12.8. The second-order valence-corrected chi connectivity index (χ2v) is 7.30. The Morgan fingerprint density at radius 3 is 2.57 bits per heavy atom. The molecule has 1 aliphatic carbocycles. The zero-order chi connectivity index (χ0) is 15.5. The predicted octanol–water partition coefficient (Wildman–Crippen LogP) is 2.00. The minimum Gasteiger partial charge on any atom is -0.495 e. The summed E-state index contributed by atoms with van der Waals surface area (Å²) < 4.78 is 32.3. The normalized spacial score (nSPS) is 16.0. The van der Waals surface area contributed by atoms with Crippen molar-refractivity contribution in [2.75, 3.05) is 20.2 Å². The minimum absolute atomic E-state index is 0.143. The minimum atomic E-state index is -3.56. The van der Waals surface area contributed by atoms with E-state index in [0.717, 1.165) is 12.8 Å². The Kier molecular flexibility index (Phi) is 5.24. The molecule has 1 aromatic rings. The van der Waals surface area contributed by atoms with Crippen LogP contribution in [0.25, 0.3) is 0 Å². The number of methoxy groups -OCH3 is 1. The van der Waals surface area contributed by atoms with Crippen molar-refractivity contribution < 1.29 is 18.3 Å². The molecule has 0 aromatic heterocycles. The highest BCUT2D eigenvalue weighted by Gasteiger charge is 2.30. The number of ether oxygens (including phenoxy) is 1. The summed E-state index contributed by atoms with van der Waals surface area (Å²) in [7, 11) is -2.12. The average molecular weight is 313 g/mol. The monoisotopic (exact) mass is 313 g/mol. The van der Waals surface area contributed by atoms with Crippen molar-refractivity contribution >= 4 is 10.0 Å². The fraction of sp³-hybridized carbons (Fsp3) is 0.600. The molecule has 0 heterocycles. The van der Waals surface area contributed by atoms with Crippen LogP contribution in [0.2, 0.25) is 0 Å². The quantitative estimate of drug-likeness (QED) is 0.836. The average Bonchev–Trinajstić information content (AvgIpc) is 2.45. The first-order valence-electron chi connectivity index (χ1n) is 7.30. The molecule has 1 fully saturated rings. The van der Waals surface area contributed by atoms with Crippen molar-refractivity contribution in [1.82, 2.24) is 4.31 Å². The van der Waals surface area contributed by atoms with Crippen molar-refractivity contribution in [3.63, 3.8) is 0 Å². The number of nitrogens with zero attached hydrogens (tertiary/aromatic N) is 1. The van der Waals surface area contributed by atoms with Crippen LogP contribution in [0.4, 0.5) is 0 Å². The van der Waals surface area contributed by atoms with Gasteiger partial charge in [0, 0.05) is 13.1 Å². The van der Waals surface area contributed by atoms with Crippen LogP contribution in [0.1, 0.15) is 31.7 Å². The van der Waals surface area contributed by atoms with Crippen LogP contribution in [0, 0.1) is 5.92 Å². The van der Waals surface area contributed by atoms with Crippen LogP contribution in [0.3, 0.4) is 0 Å². The lowest BCUT2D eigenvalue weighted by molar-refractivity contribution is 0.249. The highest BCUT2D eigenvalue weighted by Crippen LogP contribution is 2.32. The van der Waals surface area contributed by atoms with E-state index in [9.17, 15) is 8.42 Å². The van der Waals surface area contributed by atoms with E-state index in [4.69, 9.17) is 9.84 Å². The SMILES string of the molecule is CCN(CC1CCC1)S(=O)(=O)c1ccc(CO)cc1OC. The van der Waals surface area contributed by atoms with Gasteiger partial charge in [0.2, 0.25) is 10.0 Å². The van der Waals surface area contributed by atoms with Crippen LogP contribution in [-0.4, -0.2) is 38.0 Å². The molecule has 0 spiro atoms. The van der Waals surface area contributed by atoms with Crippen LogP contribution in [0.5, 0.6) is 5.75 Å². The molecule has 0 saturated heterocycles. The molecule has 5 nitrogen and oxygen atoms in total. The Bertz CT molecular complexity index is 581. The molecule has 6 heteroatoms. The molecule has 0 unspecified atom stereocenters. The highest BCUT2D eigenvalue weighted by atomic mass is 32.2. The summed E-state index contributed by atoms with van der Waals surface area (Å²) in [5, 5.41) is 9.15. The second kappa shape index (κ2) is 6.77. The third kappa shape index (κ3) is 3.39. The number of aliphatic hydroxyl groups excluding tert-OH is 1. The standard InChI is InChI=1S/C15H23NO4S/c1-3-16(10-12-5-4-6-12)21(18,19)15-8-7-13(11-17)9-14(15)20-2/h7-9,12,17H,3-6,10-11H2,1-2H3. The molecule has 1 saturated carbocycles. The molecular formula is C15H23NO4S. The van der Waals surface area contributed by atoms with Gasteiger partial charge in [-0.15, -0.1) is 0 Å². The number of benzene rings is 1. The van der Waals surface area contributed by atoms with Gasteiger partial charge >= 0.3 is 0 Å². The lowest BCUT2D eigenvalue weighted by atomic mass is 9.85. The molecule has 0 bridgehead atoms. The number of aliphatic hydroxyl groups is 1. The second-order valence-electron chi connectivity index (χ2n) is 5.40. The summed E-state index contributed by atoms with van der Waals surface area (Å²) in [6, 6.07) is 4.71. The first-order valence-corrected chi connectivity index (χ1v) is 8.74. The maximum absolute atomic E-state index is 12.8. The summed E-state index contributed by atoms with van der Waals surface area (Å²) in [4.78, 5) is 0.170. The van der Waals surface area contributed by atoms with Crippen LogP contribution >= 0.6 is 0 Å². The first kappa shape index (κ1) is 16.3. The van der Waals surface area contributed by atoms with Crippen LogP contribution in [0.15, 0.2) is 23.1 Å². The predicted molar refractivity (Wildman–Crippen MR) is 80.7 cm³/mol. The Morgan fingerprint density at radius 1 is 1.38 bits per heavy atom. The molecule has 0 aliphatic heterocycles. The largest absolute Gasteiger partial charge is 0.495 e. The maximum Gasteiger partial charge on any atom is 0.246 e. The van der Waals surface area contributed by atoms with E-state index in [2.05, 4.69) is 0 Å². The third-order valence-electron chi connectivity index (χ3n) is 4.07. The van der Waals surface area contributed by atoms with Crippen molar-refractivity contribution in [2.24, 2.45) is 5.92 Å². The molecule has 1 aliphatic rings. The first-order chi connectivity index (χ1) is 10.0. The zero-order valence-electron chi connectivity index (χ0n) is 12.6. The smallest absolute Gasteiger partial charge is 0.246 e. The van der Waals surface area contributed by atoms with Gasteiger partial charge in [-0.1, -0.05) is 19.4 Å². The lowest BCUT2D eigenvalue weighted by Gasteiger charge is -2.31. The van der Waals surface area contributed by atoms with Gasteiger partial charge in [-0.3, -0.25) is 0 Å². The summed E-state index contributed by atoms with van der Waals surface area (Å²) in [6.45, 7) is 2.73. The molecule has 1 N–H and O–H groups in total. The van der Waals surface area contributed by atoms with Gasteiger partial charge in [0.05, 0.1) is 13.7 Å². The van der Waals surface area contributed by atoms with Crippen molar-refractivity contribution in [3.8, 4) is 5.75 Å². The Balaban J connectivity index is 2.32. The molecule has 0 amide bonds. The van der Waals surface area contributed by atoms with Gasteiger partial charge in [0.15, 0.2) is 0 Å². The van der Waals surface area contributed by atoms with E-state index in [0.29, 0.717) is 24.6 Å². The van der Waals surface area contributed by atoms with Gasteiger partial charge in [-0.25, -0.2) is 8.42 Å². The fourth-order valence-corrected chi connectivity index (χ4v) is 4.18. The zero-order valence-corrected chi connectivity index (χ0v) is 13.4. The summed E-state index contributed by atoms with van der Waals surface area (Å²) in [6.07, 6.45) is 3.40. The van der Waals surface area contributed by atoms with E-state index < -0.39 is 10.0 Å². The third-order valence-corrected chi connectivity index (χ3v) is 6.05. The van der Waals surface area contributed by atoms with E-state index in [1.807, 2.05) is 6.92 Å². The lowest BCUT2D eigenvalue weighted by Crippen LogP contribution is -2.37.